The van der Waals surface area contributed by atoms with Crippen molar-refractivity contribution in [3.63, 3.8) is 0 Å². The zero-order valence-corrected chi connectivity index (χ0v) is 34.0. The number of carbonyl (C=O) groups excluding carboxylic acids is 2. The zero-order chi connectivity index (χ0) is 38.8. The van der Waals surface area contributed by atoms with Crippen molar-refractivity contribution in [2.75, 3.05) is 19.8 Å². The first-order valence-electron chi connectivity index (χ1n) is 22.1. The van der Waals surface area contributed by atoms with Crippen LogP contribution in [0.2, 0.25) is 0 Å². The average Bonchev–Trinajstić information content (AvgIpc) is 3.15. The number of unbranched alkanes of at least 4 members (excludes halogenated alkanes) is 26. The van der Waals surface area contributed by atoms with Crippen molar-refractivity contribution in [3.05, 3.63) is 0 Å². The molecule has 0 bridgehead atoms. The summed E-state index contributed by atoms with van der Waals surface area (Å²) in [6, 6.07) is 0. The molecule has 1 heterocycles. The molecule has 1 aliphatic heterocycles. The van der Waals surface area contributed by atoms with Crippen LogP contribution in [-0.4, -0.2) is 89.0 Å². The Hall–Kier alpha value is -1.30. The van der Waals surface area contributed by atoms with Crippen LogP contribution < -0.4 is 0 Å². The van der Waals surface area contributed by atoms with Gasteiger partial charge in [-0.25, -0.2) is 0 Å². The fraction of sp³-hybridized carbons (Fsp3) is 0.953. The predicted molar refractivity (Wildman–Crippen MR) is 210 cm³/mol. The molecular weight excluding hydrogens is 676 g/mol. The number of rotatable bonds is 37. The van der Waals surface area contributed by atoms with Gasteiger partial charge in [0.15, 0.2) is 12.4 Å². The van der Waals surface area contributed by atoms with Crippen molar-refractivity contribution in [3.8, 4) is 0 Å². The third kappa shape index (κ3) is 27.0. The summed E-state index contributed by atoms with van der Waals surface area (Å²) in [7, 11) is 0. The van der Waals surface area contributed by atoms with Crippen molar-refractivity contribution in [2.45, 2.75) is 243 Å². The Labute approximate surface area is 323 Å². The topological polar surface area (TPSA) is 152 Å². The fourth-order valence-electron chi connectivity index (χ4n) is 6.95. The summed E-state index contributed by atoms with van der Waals surface area (Å²) in [5.41, 5.74) is 0. The molecule has 0 aromatic heterocycles. The van der Waals surface area contributed by atoms with Gasteiger partial charge in [-0.1, -0.05) is 181 Å². The van der Waals surface area contributed by atoms with Crippen LogP contribution in [0.1, 0.15) is 206 Å². The highest BCUT2D eigenvalue weighted by Crippen LogP contribution is 2.23. The number of hydrogen-bond acceptors (Lipinski definition) is 10. The van der Waals surface area contributed by atoms with Crippen LogP contribution >= 0.6 is 0 Å². The Morgan fingerprint density at radius 2 is 0.887 bits per heavy atom. The van der Waals surface area contributed by atoms with Gasteiger partial charge >= 0.3 is 11.9 Å². The van der Waals surface area contributed by atoms with Crippen molar-refractivity contribution in [1.29, 1.82) is 0 Å². The molecule has 53 heavy (non-hydrogen) atoms. The molecule has 6 atom stereocenters. The summed E-state index contributed by atoms with van der Waals surface area (Å²) in [6.45, 7) is 3.44. The lowest BCUT2D eigenvalue weighted by molar-refractivity contribution is -0.305. The maximum atomic E-state index is 12.7. The first kappa shape index (κ1) is 49.7. The van der Waals surface area contributed by atoms with E-state index in [2.05, 4.69) is 13.8 Å². The van der Waals surface area contributed by atoms with Gasteiger partial charge in [-0.05, 0) is 12.8 Å². The second-order valence-corrected chi connectivity index (χ2v) is 15.5. The van der Waals surface area contributed by atoms with E-state index >= 15 is 0 Å². The number of ether oxygens (including phenoxy) is 4. The second kappa shape index (κ2) is 35.1. The van der Waals surface area contributed by atoms with Crippen molar-refractivity contribution >= 4 is 11.9 Å². The zero-order valence-electron chi connectivity index (χ0n) is 34.0. The standard InChI is InChI=1S/C43H82O10/c1-3-5-7-9-11-13-15-17-18-20-21-23-25-27-29-31-38(45)50-34-36(35-51-43-42(49)41(48)40(47)37(33-44)53-43)52-39(46)32-30-28-26-24-22-19-16-14-12-10-8-6-4-2/h36-37,40-44,47-49H,3-35H2,1-2H3/t36?,37-,40-,41+,42-,43-/m1/s1. The van der Waals surface area contributed by atoms with Crippen LogP contribution in [-0.2, 0) is 28.5 Å². The van der Waals surface area contributed by atoms with Crippen LogP contribution in [0.15, 0.2) is 0 Å². The Kier molecular flexibility index (Phi) is 33.0. The Bertz CT molecular complexity index is 840. The molecule has 314 valence electrons. The molecule has 1 saturated heterocycles. The lowest BCUT2D eigenvalue weighted by Gasteiger charge is -2.39. The van der Waals surface area contributed by atoms with Gasteiger partial charge in [-0.3, -0.25) is 9.59 Å². The molecule has 1 unspecified atom stereocenters. The third-order valence-corrected chi connectivity index (χ3v) is 10.5. The maximum absolute atomic E-state index is 12.7. The van der Waals surface area contributed by atoms with Gasteiger partial charge in [0.1, 0.15) is 31.0 Å². The monoisotopic (exact) mass is 759 g/mol. The Balaban J connectivity index is 2.32. The third-order valence-electron chi connectivity index (χ3n) is 10.5. The van der Waals surface area contributed by atoms with Gasteiger partial charge in [0.05, 0.1) is 13.2 Å². The molecule has 10 nitrogen and oxygen atoms in total. The summed E-state index contributed by atoms with van der Waals surface area (Å²) in [4.78, 5) is 25.3. The molecule has 0 saturated carbocycles. The van der Waals surface area contributed by atoms with Crippen LogP contribution in [0.25, 0.3) is 0 Å². The number of aliphatic hydroxyl groups excluding tert-OH is 4. The van der Waals surface area contributed by atoms with Crippen LogP contribution in [0.5, 0.6) is 0 Å². The molecule has 0 spiro atoms. The first-order valence-corrected chi connectivity index (χ1v) is 22.1. The lowest BCUT2D eigenvalue weighted by atomic mass is 9.99. The minimum absolute atomic E-state index is 0.209. The molecule has 4 N–H and O–H groups in total. The van der Waals surface area contributed by atoms with Gasteiger partial charge in [-0.15, -0.1) is 0 Å². The van der Waals surface area contributed by atoms with Crippen LogP contribution in [0, 0.1) is 0 Å². The summed E-state index contributed by atoms with van der Waals surface area (Å²) in [5.74, 6) is -0.793. The molecule has 1 fully saturated rings. The summed E-state index contributed by atoms with van der Waals surface area (Å²) < 4.78 is 22.1. The van der Waals surface area contributed by atoms with Crippen LogP contribution in [0.4, 0.5) is 0 Å². The van der Waals surface area contributed by atoms with E-state index in [1.165, 1.54) is 135 Å². The van der Waals surface area contributed by atoms with Gasteiger partial charge in [0, 0.05) is 12.8 Å². The normalized spacial score (nSPS) is 20.8. The smallest absolute Gasteiger partial charge is 0.306 e. The van der Waals surface area contributed by atoms with E-state index in [4.69, 9.17) is 18.9 Å². The van der Waals surface area contributed by atoms with E-state index in [9.17, 15) is 30.0 Å². The lowest BCUT2D eigenvalue weighted by Crippen LogP contribution is -2.59. The summed E-state index contributed by atoms with van der Waals surface area (Å²) in [6.07, 6.45) is 26.8. The van der Waals surface area contributed by atoms with E-state index in [1.807, 2.05) is 0 Å². The average molecular weight is 759 g/mol. The second-order valence-electron chi connectivity index (χ2n) is 15.5. The van der Waals surface area contributed by atoms with E-state index in [0.717, 1.165) is 38.5 Å². The molecule has 10 heteroatoms. The molecule has 0 amide bonds. The Morgan fingerprint density at radius 3 is 1.28 bits per heavy atom. The van der Waals surface area contributed by atoms with E-state index < -0.39 is 49.4 Å². The van der Waals surface area contributed by atoms with Gasteiger partial charge < -0.3 is 39.4 Å². The minimum atomic E-state index is -1.59. The number of esters is 2. The predicted octanol–water partition coefficient (Wildman–Crippen LogP) is 9.00. The SMILES string of the molecule is CCCCCCCCCCCCCCCCCC(=O)OCC(CO[C@@H]1O[C@H](CO)[C@@H](O)[C@H](O)[C@H]1O)OC(=O)CCCCCCCCCCCCCCC. The molecule has 0 aromatic rings. The van der Waals surface area contributed by atoms with Gasteiger partial charge in [0.25, 0.3) is 0 Å². The minimum Gasteiger partial charge on any atom is -0.462 e. The Morgan fingerprint density at radius 1 is 0.509 bits per heavy atom. The molecule has 0 aromatic carbocycles. The van der Waals surface area contributed by atoms with E-state index in [-0.39, 0.29) is 32.0 Å². The number of aliphatic hydroxyl groups is 4. The molecular formula is C43H82O10. The van der Waals surface area contributed by atoms with Gasteiger partial charge in [0.2, 0.25) is 0 Å². The summed E-state index contributed by atoms with van der Waals surface area (Å²) in [5, 5.41) is 40.0. The number of hydrogen-bond donors (Lipinski definition) is 4. The van der Waals surface area contributed by atoms with Gasteiger partial charge in [-0.2, -0.15) is 0 Å². The van der Waals surface area contributed by atoms with E-state index in [1.54, 1.807) is 0 Å². The van der Waals surface area contributed by atoms with Crippen LogP contribution in [0.3, 0.4) is 0 Å². The molecule has 1 aliphatic rings. The molecule has 0 aliphatic carbocycles. The fourth-order valence-corrected chi connectivity index (χ4v) is 6.95. The highest BCUT2D eigenvalue weighted by Gasteiger charge is 2.44. The number of carbonyl (C=O) groups is 2. The van der Waals surface area contributed by atoms with E-state index in [0.29, 0.717) is 6.42 Å². The van der Waals surface area contributed by atoms with Crippen molar-refractivity contribution in [1.82, 2.24) is 0 Å². The maximum Gasteiger partial charge on any atom is 0.306 e. The van der Waals surface area contributed by atoms with Crippen molar-refractivity contribution in [2.24, 2.45) is 0 Å². The highest BCUT2D eigenvalue weighted by atomic mass is 16.7. The molecule has 0 radical (unpaired) electrons. The highest BCUT2D eigenvalue weighted by molar-refractivity contribution is 5.70. The largest absolute Gasteiger partial charge is 0.462 e. The first-order chi connectivity index (χ1) is 25.8. The summed E-state index contributed by atoms with van der Waals surface area (Å²) >= 11 is 0. The quantitative estimate of drug-likeness (QED) is 0.0357. The van der Waals surface area contributed by atoms with Crippen molar-refractivity contribution < 1.29 is 49.0 Å². The molecule has 1 rings (SSSR count).